The van der Waals surface area contributed by atoms with E-state index in [0.717, 1.165) is 5.56 Å². The van der Waals surface area contributed by atoms with Crippen LogP contribution in [-0.2, 0) is 14.3 Å². The lowest BCUT2D eigenvalue weighted by atomic mass is 10.1. The average Bonchev–Trinajstić information content (AvgIpc) is 2.74. The van der Waals surface area contributed by atoms with Crippen LogP contribution in [0.5, 0.6) is 0 Å². The van der Waals surface area contributed by atoms with Gasteiger partial charge in [-0.3, -0.25) is 9.59 Å². The Morgan fingerprint density at radius 3 is 2.48 bits per heavy atom. The third-order valence-corrected chi connectivity index (χ3v) is 4.98. The summed E-state index contributed by atoms with van der Waals surface area (Å²) in [5.41, 5.74) is 2.14. The molecular weight excluding hydrogens is 388 g/mol. The van der Waals surface area contributed by atoms with E-state index in [0.29, 0.717) is 23.4 Å². The fourth-order valence-electron chi connectivity index (χ4n) is 2.64. The lowest BCUT2D eigenvalue weighted by Crippen LogP contribution is -2.43. The Morgan fingerprint density at radius 2 is 1.83 bits per heavy atom. The van der Waals surface area contributed by atoms with Gasteiger partial charge in [0.15, 0.2) is 6.61 Å². The number of nitrogens with one attached hydrogen (secondary N) is 1. The lowest BCUT2D eigenvalue weighted by Gasteiger charge is -2.20. The van der Waals surface area contributed by atoms with Crippen LogP contribution in [0.15, 0.2) is 54.6 Å². The van der Waals surface area contributed by atoms with Crippen LogP contribution in [0.1, 0.15) is 22.3 Å². The zero-order chi connectivity index (χ0) is 21.2. The summed E-state index contributed by atoms with van der Waals surface area (Å²) in [5, 5.41) is 2.73. The number of esters is 1. The Balaban J connectivity index is 1.97. The molecule has 0 radical (unpaired) electrons. The lowest BCUT2D eigenvalue weighted by molar-refractivity contribution is -0.149. The van der Waals surface area contributed by atoms with Gasteiger partial charge in [0.25, 0.3) is 11.8 Å². The van der Waals surface area contributed by atoms with Crippen molar-refractivity contribution in [2.45, 2.75) is 19.4 Å². The van der Waals surface area contributed by atoms with Crippen LogP contribution in [0.2, 0.25) is 0 Å². The maximum atomic E-state index is 12.5. The SMILES string of the molecule is CSCC[C@@H](NC(=O)c1cccc(C)c1)C(=O)OCC(=O)N(C)c1ccccc1. The Labute approximate surface area is 175 Å². The maximum Gasteiger partial charge on any atom is 0.329 e. The van der Waals surface area contributed by atoms with Gasteiger partial charge in [-0.2, -0.15) is 11.8 Å². The largest absolute Gasteiger partial charge is 0.454 e. The molecule has 1 atom stereocenters. The van der Waals surface area contributed by atoms with Crippen molar-refractivity contribution in [2.24, 2.45) is 0 Å². The summed E-state index contributed by atoms with van der Waals surface area (Å²) < 4.78 is 5.21. The van der Waals surface area contributed by atoms with Gasteiger partial charge in [-0.15, -0.1) is 0 Å². The molecule has 1 N–H and O–H groups in total. The van der Waals surface area contributed by atoms with Gasteiger partial charge >= 0.3 is 5.97 Å². The first-order valence-electron chi connectivity index (χ1n) is 9.27. The summed E-state index contributed by atoms with van der Waals surface area (Å²) in [6.07, 6.45) is 2.34. The number of aryl methyl sites for hydroxylation is 1. The number of hydrogen-bond acceptors (Lipinski definition) is 5. The van der Waals surface area contributed by atoms with Crippen LogP contribution in [0.3, 0.4) is 0 Å². The van der Waals surface area contributed by atoms with Crippen molar-refractivity contribution in [1.29, 1.82) is 0 Å². The molecule has 0 heterocycles. The Morgan fingerprint density at radius 1 is 1.10 bits per heavy atom. The van der Waals surface area contributed by atoms with Crippen LogP contribution in [0.4, 0.5) is 5.69 Å². The van der Waals surface area contributed by atoms with Crippen LogP contribution >= 0.6 is 11.8 Å². The summed E-state index contributed by atoms with van der Waals surface area (Å²) in [7, 11) is 1.62. The summed E-state index contributed by atoms with van der Waals surface area (Å²) in [4.78, 5) is 38.8. The fourth-order valence-corrected chi connectivity index (χ4v) is 3.11. The van der Waals surface area contributed by atoms with Crippen LogP contribution in [-0.4, -0.2) is 49.5 Å². The van der Waals surface area contributed by atoms with Gasteiger partial charge < -0.3 is 15.0 Å². The van der Waals surface area contributed by atoms with Crippen molar-refractivity contribution in [3.05, 3.63) is 65.7 Å². The second-order valence-electron chi connectivity index (χ2n) is 6.57. The van der Waals surface area contributed by atoms with E-state index in [1.54, 1.807) is 49.1 Å². The number of anilines is 1. The highest BCUT2D eigenvalue weighted by Gasteiger charge is 2.24. The molecule has 0 aliphatic heterocycles. The van der Waals surface area contributed by atoms with Crippen molar-refractivity contribution in [3.63, 3.8) is 0 Å². The average molecular weight is 415 g/mol. The first kappa shape index (κ1) is 22.5. The highest BCUT2D eigenvalue weighted by molar-refractivity contribution is 7.98. The summed E-state index contributed by atoms with van der Waals surface area (Å²) in [6.45, 7) is 1.51. The molecule has 0 aromatic heterocycles. The molecule has 154 valence electrons. The molecule has 2 aromatic carbocycles. The number of rotatable bonds is 9. The van der Waals surface area contributed by atoms with Gasteiger partial charge in [-0.1, -0.05) is 35.9 Å². The van der Waals surface area contributed by atoms with Gasteiger partial charge in [0.2, 0.25) is 0 Å². The van der Waals surface area contributed by atoms with Gasteiger partial charge in [-0.05, 0) is 49.6 Å². The molecule has 0 saturated heterocycles. The van der Waals surface area contributed by atoms with E-state index in [4.69, 9.17) is 4.74 Å². The topological polar surface area (TPSA) is 75.7 Å². The van der Waals surface area contributed by atoms with E-state index >= 15 is 0 Å². The molecule has 29 heavy (non-hydrogen) atoms. The third kappa shape index (κ3) is 6.94. The number of para-hydroxylation sites is 1. The molecule has 6 nitrogen and oxygen atoms in total. The van der Waals surface area contributed by atoms with Crippen LogP contribution in [0, 0.1) is 6.92 Å². The molecule has 0 aliphatic carbocycles. The maximum absolute atomic E-state index is 12.5. The van der Waals surface area contributed by atoms with E-state index in [1.165, 1.54) is 4.90 Å². The number of amides is 2. The van der Waals surface area contributed by atoms with Crippen molar-refractivity contribution in [1.82, 2.24) is 5.32 Å². The third-order valence-electron chi connectivity index (χ3n) is 4.34. The highest BCUT2D eigenvalue weighted by Crippen LogP contribution is 2.12. The number of benzene rings is 2. The van der Waals surface area contributed by atoms with Gasteiger partial charge in [0.05, 0.1) is 0 Å². The molecule has 0 fully saturated rings. The Bertz CT molecular complexity index is 842. The monoisotopic (exact) mass is 414 g/mol. The molecule has 0 saturated carbocycles. The molecule has 2 aromatic rings. The number of nitrogens with zero attached hydrogens (tertiary/aromatic N) is 1. The standard InChI is InChI=1S/C22H26N2O4S/c1-16-8-7-9-17(14-16)21(26)23-19(12-13-29-3)22(27)28-15-20(25)24(2)18-10-5-4-6-11-18/h4-11,14,19H,12-13,15H2,1-3H3,(H,23,26)/t19-/m1/s1. The summed E-state index contributed by atoms with van der Waals surface area (Å²) >= 11 is 1.57. The van der Waals surface area contributed by atoms with E-state index in [9.17, 15) is 14.4 Å². The van der Waals surface area contributed by atoms with Crippen molar-refractivity contribution in [3.8, 4) is 0 Å². The molecule has 0 spiro atoms. The quantitative estimate of drug-likeness (QED) is 0.639. The second-order valence-corrected chi connectivity index (χ2v) is 7.56. The summed E-state index contributed by atoms with van der Waals surface area (Å²) in [6, 6.07) is 15.4. The van der Waals surface area contributed by atoms with E-state index < -0.39 is 12.0 Å². The molecule has 2 amide bonds. The van der Waals surface area contributed by atoms with Crippen LogP contribution < -0.4 is 10.2 Å². The number of ether oxygens (including phenoxy) is 1. The number of carbonyl (C=O) groups excluding carboxylic acids is 3. The number of hydrogen-bond donors (Lipinski definition) is 1. The number of likely N-dealkylation sites (N-methyl/N-ethyl adjacent to an activating group) is 1. The molecule has 2 rings (SSSR count). The first-order chi connectivity index (χ1) is 13.9. The van der Waals surface area contributed by atoms with Crippen molar-refractivity contribution < 1.29 is 19.1 Å². The number of thioether (sulfide) groups is 1. The van der Waals surface area contributed by atoms with Gasteiger partial charge in [0.1, 0.15) is 6.04 Å². The second kappa shape index (κ2) is 11.3. The minimum atomic E-state index is -0.815. The van der Waals surface area contributed by atoms with E-state index in [1.807, 2.05) is 37.4 Å². The smallest absolute Gasteiger partial charge is 0.329 e. The Hall–Kier alpha value is -2.80. The van der Waals surface area contributed by atoms with Crippen LogP contribution in [0.25, 0.3) is 0 Å². The van der Waals surface area contributed by atoms with E-state index in [2.05, 4.69) is 5.32 Å². The predicted molar refractivity (Wildman–Crippen MR) is 116 cm³/mol. The van der Waals surface area contributed by atoms with Crippen molar-refractivity contribution >= 4 is 35.2 Å². The molecular formula is C22H26N2O4S. The van der Waals surface area contributed by atoms with E-state index in [-0.39, 0.29) is 18.4 Å². The summed E-state index contributed by atoms with van der Waals surface area (Å²) in [5.74, 6) is -0.635. The minimum absolute atomic E-state index is 0.343. The number of carbonyl (C=O) groups is 3. The fraction of sp³-hybridized carbons (Fsp3) is 0.318. The minimum Gasteiger partial charge on any atom is -0.454 e. The first-order valence-corrected chi connectivity index (χ1v) is 10.7. The zero-order valence-electron chi connectivity index (χ0n) is 16.9. The zero-order valence-corrected chi connectivity index (χ0v) is 17.7. The molecule has 0 aliphatic rings. The Kier molecular flexibility index (Phi) is 8.73. The normalized spacial score (nSPS) is 11.4. The molecule has 0 unspecified atom stereocenters. The van der Waals surface area contributed by atoms with Crippen molar-refractivity contribution in [2.75, 3.05) is 30.6 Å². The molecule has 0 bridgehead atoms. The predicted octanol–water partition coefficient (Wildman–Crippen LogP) is 3.05. The molecule has 7 heteroatoms. The highest BCUT2D eigenvalue weighted by atomic mass is 32.2. The van der Waals surface area contributed by atoms with Gasteiger partial charge in [-0.25, -0.2) is 4.79 Å². The van der Waals surface area contributed by atoms with Gasteiger partial charge in [0, 0.05) is 18.3 Å².